The Hall–Kier alpha value is -2.04. The summed E-state index contributed by atoms with van der Waals surface area (Å²) in [6.45, 7) is 1.83. The van der Waals surface area contributed by atoms with E-state index in [1.165, 1.54) is 0 Å². The Morgan fingerprint density at radius 1 is 0.900 bits per heavy atom. The Kier molecular flexibility index (Phi) is 5.41. The minimum absolute atomic E-state index is 0.0102. The van der Waals surface area contributed by atoms with E-state index in [1.54, 1.807) is 0 Å². The van der Waals surface area contributed by atoms with Gasteiger partial charge in [-0.25, -0.2) is 0 Å². The molecule has 1 heteroatoms. The van der Waals surface area contributed by atoms with Crippen molar-refractivity contribution < 1.29 is 5.11 Å². The Labute approximate surface area is 121 Å². The summed E-state index contributed by atoms with van der Waals surface area (Å²) >= 11 is 0. The van der Waals surface area contributed by atoms with Crippen LogP contribution in [0.25, 0.3) is 0 Å². The summed E-state index contributed by atoms with van der Waals surface area (Å²) in [4.78, 5) is 0. The summed E-state index contributed by atoms with van der Waals surface area (Å²) in [5.41, 5.74) is 2.30. The van der Waals surface area contributed by atoms with Gasteiger partial charge in [-0.15, -0.1) is 11.8 Å². The molecule has 0 radical (unpaired) electrons. The van der Waals surface area contributed by atoms with Crippen LogP contribution in [-0.4, -0.2) is 11.2 Å². The molecule has 0 amide bonds. The van der Waals surface area contributed by atoms with Gasteiger partial charge in [0.1, 0.15) is 0 Å². The highest BCUT2D eigenvalue weighted by Crippen LogP contribution is 2.29. The summed E-state index contributed by atoms with van der Waals surface area (Å²) < 4.78 is 0. The summed E-state index contributed by atoms with van der Waals surface area (Å²) in [5.74, 6) is 5.92. The molecule has 0 aliphatic rings. The predicted octanol–water partition coefficient (Wildman–Crippen LogP) is 3.98. The first-order valence-electron chi connectivity index (χ1n) is 7.00. The van der Waals surface area contributed by atoms with Gasteiger partial charge in [-0.1, -0.05) is 60.7 Å². The molecule has 0 aliphatic heterocycles. The molecule has 0 heterocycles. The molecule has 0 aliphatic carbocycles. The van der Waals surface area contributed by atoms with Crippen molar-refractivity contribution in [1.29, 1.82) is 0 Å². The molecule has 0 bridgehead atoms. The van der Waals surface area contributed by atoms with Gasteiger partial charge in [-0.05, 0) is 24.5 Å². The van der Waals surface area contributed by atoms with Crippen molar-refractivity contribution in [1.82, 2.24) is 0 Å². The van der Waals surface area contributed by atoms with E-state index in [0.717, 1.165) is 17.5 Å². The second-order valence-corrected chi connectivity index (χ2v) is 4.83. The summed E-state index contributed by atoms with van der Waals surface area (Å²) in [6, 6.07) is 20.4. The first kappa shape index (κ1) is 14.4. The average Bonchev–Trinajstić information content (AvgIpc) is 2.50. The van der Waals surface area contributed by atoms with Crippen LogP contribution in [0.1, 0.15) is 36.8 Å². The topological polar surface area (TPSA) is 20.2 Å². The van der Waals surface area contributed by atoms with Crippen LogP contribution in [0.4, 0.5) is 0 Å². The Morgan fingerprint density at radius 3 is 1.85 bits per heavy atom. The fraction of sp³-hybridized carbons (Fsp3) is 0.263. The third-order valence-electron chi connectivity index (χ3n) is 3.44. The molecule has 0 spiro atoms. The molecule has 2 aromatic carbocycles. The van der Waals surface area contributed by atoms with Crippen LogP contribution in [0, 0.1) is 11.8 Å². The minimum Gasteiger partial charge on any atom is -0.392 e. The van der Waals surface area contributed by atoms with E-state index >= 15 is 0 Å². The van der Waals surface area contributed by atoms with E-state index < -0.39 is 6.10 Å². The molecule has 1 unspecified atom stereocenters. The van der Waals surface area contributed by atoms with Crippen molar-refractivity contribution in [2.45, 2.75) is 31.8 Å². The predicted molar refractivity (Wildman–Crippen MR) is 83.4 cm³/mol. The second kappa shape index (κ2) is 7.53. The maximum absolute atomic E-state index is 10.6. The molecule has 1 atom stereocenters. The molecule has 102 valence electrons. The first-order valence-corrected chi connectivity index (χ1v) is 7.00. The molecule has 1 N–H and O–H groups in total. The maximum Gasteiger partial charge on any atom is 0.0658 e. The van der Waals surface area contributed by atoms with Crippen LogP contribution in [0.3, 0.4) is 0 Å². The quantitative estimate of drug-likeness (QED) is 0.810. The van der Waals surface area contributed by atoms with E-state index in [-0.39, 0.29) is 5.92 Å². The zero-order valence-electron chi connectivity index (χ0n) is 11.8. The lowest BCUT2D eigenvalue weighted by Crippen LogP contribution is -2.19. The van der Waals surface area contributed by atoms with Gasteiger partial charge in [-0.3, -0.25) is 0 Å². The van der Waals surface area contributed by atoms with Crippen LogP contribution in [-0.2, 0) is 0 Å². The number of rotatable bonds is 5. The van der Waals surface area contributed by atoms with E-state index in [0.29, 0.717) is 6.42 Å². The number of benzene rings is 2. The number of aliphatic hydroxyl groups is 1. The monoisotopic (exact) mass is 264 g/mol. The molecule has 20 heavy (non-hydrogen) atoms. The van der Waals surface area contributed by atoms with Crippen molar-refractivity contribution in [3.63, 3.8) is 0 Å². The number of hydrogen-bond acceptors (Lipinski definition) is 1. The molecule has 0 saturated carbocycles. The standard InChI is InChI=1S/C19H20O/c1-2-3-6-15-18(20)19(16-11-7-4-8-12-16)17-13-9-5-10-14-17/h4-5,7-14,18-20H,6,15H2,1H3. The molecule has 2 aromatic rings. The molecular formula is C19H20O. The van der Waals surface area contributed by atoms with Crippen molar-refractivity contribution in [2.75, 3.05) is 0 Å². The number of aliphatic hydroxyl groups excluding tert-OH is 1. The van der Waals surface area contributed by atoms with Gasteiger partial charge < -0.3 is 5.11 Å². The van der Waals surface area contributed by atoms with Crippen molar-refractivity contribution in [3.05, 3.63) is 71.8 Å². The first-order chi connectivity index (χ1) is 9.83. The highest BCUT2D eigenvalue weighted by atomic mass is 16.3. The van der Waals surface area contributed by atoms with Crippen molar-refractivity contribution in [3.8, 4) is 11.8 Å². The van der Waals surface area contributed by atoms with E-state index in [1.807, 2.05) is 43.3 Å². The normalized spacial score (nSPS) is 11.8. The zero-order chi connectivity index (χ0) is 14.2. The maximum atomic E-state index is 10.6. The van der Waals surface area contributed by atoms with Crippen molar-refractivity contribution in [2.24, 2.45) is 0 Å². The third kappa shape index (κ3) is 3.73. The molecule has 0 aromatic heterocycles. The van der Waals surface area contributed by atoms with Crippen LogP contribution >= 0.6 is 0 Å². The second-order valence-electron chi connectivity index (χ2n) is 4.83. The van der Waals surface area contributed by atoms with Crippen LogP contribution in [0.15, 0.2) is 60.7 Å². The third-order valence-corrected chi connectivity index (χ3v) is 3.44. The van der Waals surface area contributed by atoms with Crippen molar-refractivity contribution >= 4 is 0 Å². The van der Waals surface area contributed by atoms with E-state index in [2.05, 4.69) is 36.1 Å². The zero-order valence-corrected chi connectivity index (χ0v) is 11.8. The number of hydrogen-bond donors (Lipinski definition) is 1. The Balaban J connectivity index is 2.27. The fourth-order valence-electron chi connectivity index (χ4n) is 2.47. The SMILES string of the molecule is CC#CCCC(O)C(c1ccccc1)c1ccccc1. The van der Waals surface area contributed by atoms with Gasteiger partial charge in [-0.2, -0.15) is 0 Å². The van der Waals surface area contributed by atoms with E-state index in [9.17, 15) is 5.11 Å². The lowest BCUT2D eigenvalue weighted by Gasteiger charge is -2.23. The van der Waals surface area contributed by atoms with Gasteiger partial charge in [0.25, 0.3) is 0 Å². The van der Waals surface area contributed by atoms with Gasteiger partial charge in [0.15, 0.2) is 0 Å². The van der Waals surface area contributed by atoms with Gasteiger partial charge in [0.05, 0.1) is 6.10 Å². The summed E-state index contributed by atoms with van der Waals surface area (Å²) in [5, 5.41) is 10.6. The average molecular weight is 264 g/mol. The summed E-state index contributed by atoms with van der Waals surface area (Å²) in [7, 11) is 0. The minimum atomic E-state index is -0.416. The smallest absolute Gasteiger partial charge is 0.0658 e. The lowest BCUT2D eigenvalue weighted by atomic mass is 9.85. The lowest BCUT2D eigenvalue weighted by molar-refractivity contribution is 0.148. The van der Waals surface area contributed by atoms with Crippen LogP contribution < -0.4 is 0 Å². The molecule has 0 fully saturated rings. The van der Waals surface area contributed by atoms with Crippen LogP contribution in [0.5, 0.6) is 0 Å². The molecule has 2 rings (SSSR count). The van der Waals surface area contributed by atoms with Gasteiger partial charge in [0.2, 0.25) is 0 Å². The highest BCUT2D eigenvalue weighted by molar-refractivity contribution is 5.33. The molecular weight excluding hydrogens is 244 g/mol. The summed E-state index contributed by atoms with van der Waals surface area (Å²) in [6.07, 6.45) is 1.00. The van der Waals surface area contributed by atoms with Gasteiger partial charge in [0, 0.05) is 12.3 Å². The fourth-order valence-corrected chi connectivity index (χ4v) is 2.47. The van der Waals surface area contributed by atoms with Gasteiger partial charge >= 0.3 is 0 Å². The van der Waals surface area contributed by atoms with E-state index in [4.69, 9.17) is 0 Å². The largest absolute Gasteiger partial charge is 0.392 e. The Morgan fingerprint density at radius 2 is 1.40 bits per heavy atom. The van der Waals surface area contributed by atoms with Crippen LogP contribution in [0.2, 0.25) is 0 Å². The molecule has 1 nitrogen and oxygen atoms in total. The Bertz CT molecular complexity index is 523. The highest BCUT2D eigenvalue weighted by Gasteiger charge is 2.22. The molecule has 0 saturated heterocycles.